The summed E-state index contributed by atoms with van der Waals surface area (Å²) in [4.78, 5) is 0. The van der Waals surface area contributed by atoms with Crippen molar-refractivity contribution < 1.29 is 5.11 Å². The molecule has 0 aromatic rings. The molecular weight excluding hydrogens is 236 g/mol. The Morgan fingerprint density at radius 3 is 2.44 bits per heavy atom. The fraction of sp³-hybridized carbons (Fsp3) is 0.625. The van der Waals surface area contributed by atoms with Crippen LogP contribution in [-0.4, -0.2) is 19.3 Å². The van der Waals surface area contributed by atoms with Crippen LogP contribution in [0.2, 0.25) is 19.6 Å². The predicted molar refractivity (Wildman–Crippen MR) is 84.2 cm³/mol. The van der Waals surface area contributed by atoms with Crippen LogP contribution in [0.5, 0.6) is 0 Å². The van der Waals surface area contributed by atoms with E-state index in [1.807, 2.05) is 6.92 Å². The van der Waals surface area contributed by atoms with Crippen molar-refractivity contribution in [2.45, 2.75) is 65.3 Å². The lowest BCUT2D eigenvalue weighted by Crippen LogP contribution is -2.16. The zero-order valence-corrected chi connectivity index (χ0v) is 13.6. The number of aliphatic hydroxyl groups excluding tert-OH is 1. The molecule has 0 aliphatic rings. The molecule has 102 valence electrons. The van der Waals surface area contributed by atoms with E-state index < -0.39 is 8.07 Å². The van der Waals surface area contributed by atoms with E-state index >= 15 is 0 Å². The lowest BCUT2D eigenvalue weighted by molar-refractivity contribution is 0.201. The van der Waals surface area contributed by atoms with Crippen LogP contribution in [0.4, 0.5) is 0 Å². The highest BCUT2D eigenvalue weighted by molar-refractivity contribution is 6.83. The van der Waals surface area contributed by atoms with Gasteiger partial charge < -0.3 is 5.11 Å². The van der Waals surface area contributed by atoms with Crippen LogP contribution in [0.15, 0.2) is 23.8 Å². The third kappa shape index (κ3) is 10.4. The topological polar surface area (TPSA) is 20.2 Å². The van der Waals surface area contributed by atoms with E-state index in [0.29, 0.717) is 0 Å². The van der Waals surface area contributed by atoms with Gasteiger partial charge in [0.2, 0.25) is 0 Å². The molecule has 0 amide bonds. The van der Waals surface area contributed by atoms with Gasteiger partial charge in [0.25, 0.3) is 0 Å². The van der Waals surface area contributed by atoms with Crippen molar-refractivity contribution in [3.63, 3.8) is 0 Å². The quantitative estimate of drug-likeness (QED) is 0.328. The molecule has 1 unspecified atom stereocenters. The normalized spacial score (nSPS) is 13.8. The Morgan fingerprint density at radius 2 is 1.94 bits per heavy atom. The molecule has 1 N–H and O–H groups in total. The first-order valence-electron chi connectivity index (χ1n) is 6.71. The zero-order chi connectivity index (χ0) is 14.2. The first kappa shape index (κ1) is 17.2. The maximum absolute atomic E-state index is 9.63. The van der Waals surface area contributed by atoms with Gasteiger partial charge in [0.1, 0.15) is 8.07 Å². The Balaban J connectivity index is 3.91. The van der Waals surface area contributed by atoms with Crippen LogP contribution in [0, 0.1) is 11.5 Å². The van der Waals surface area contributed by atoms with Crippen LogP contribution in [0.25, 0.3) is 0 Å². The summed E-state index contributed by atoms with van der Waals surface area (Å²) in [6.07, 6.45) is 5.56. The van der Waals surface area contributed by atoms with E-state index in [1.54, 1.807) is 0 Å². The van der Waals surface area contributed by atoms with Crippen molar-refractivity contribution in [2.24, 2.45) is 0 Å². The minimum Gasteiger partial charge on any atom is -0.389 e. The number of allylic oxidation sites excluding steroid dienone is 2. The largest absolute Gasteiger partial charge is 0.389 e. The molecule has 0 fully saturated rings. The Labute approximate surface area is 114 Å². The van der Waals surface area contributed by atoms with Crippen LogP contribution in [0.3, 0.4) is 0 Å². The molecular formula is C16H28OSi. The third-order valence-electron chi connectivity index (χ3n) is 2.61. The van der Waals surface area contributed by atoms with E-state index in [4.69, 9.17) is 0 Å². The molecule has 0 spiro atoms. The third-order valence-corrected chi connectivity index (χ3v) is 3.53. The second kappa shape index (κ2) is 8.34. The van der Waals surface area contributed by atoms with Crippen molar-refractivity contribution in [2.75, 3.05) is 0 Å². The predicted octanol–water partition coefficient (Wildman–Crippen LogP) is 4.31. The Bertz CT molecular complexity index is 350. The van der Waals surface area contributed by atoms with E-state index in [2.05, 4.69) is 50.7 Å². The van der Waals surface area contributed by atoms with Crippen molar-refractivity contribution in [1.82, 2.24) is 0 Å². The fourth-order valence-electron chi connectivity index (χ4n) is 1.43. The van der Waals surface area contributed by atoms with Crippen LogP contribution in [0.1, 0.15) is 39.5 Å². The molecule has 0 aromatic heterocycles. The molecule has 18 heavy (non-hydrogen) atoms. The fourth-order valence-corrected chi connectivity index (χ4v) is 2.09. The van der Waals surface area contributed by atoms with Crippen LogP contribution in [-0.2, 0) is 0 Å². The maximum atomic E-state index is 9.63. The second-order valence-corrected chi connectivity index (χ2v) is 10.8. The lowest BCUT2D eigenvalue weighted by Gasteiger charge is -2.09. The smallest absolute Gasteiger partial charge is 0.129 e. The monoisotopic (exact) mass is 264 g/mol. The summed E-state index contributed by atoms with van der Waals surface area (Å²) in [6.45, 7) is 14.5. The van der Waals surface area contributed by atoms with Crippen molar-refractivity contribution in [1.29, 1.82) is 0 Å². The van der Waals surface area contributed by atoms with Gasteiger partial charge >= 0.3 is 0 Å². The van der Waals surface area contributed by atoms with E-state index in [9.17, 15) is 5.11 Å². The molecule has 0 aliphatic heterocycles. The van der Waals surface area contributed by atoms with E-state index in [-0.39, 0.29) is 6.10 Å². The zero-order valence-electron chi connectivity index (χ0n) is 12.6. The average Bonchev–Trinajstić information content (AvgIpc) is 2.23. The van der Waals surface area contributed by atoms with E-state index in [0.717, 1.165) is 31.3 Å². The summed E-state index contributed by atoms with van der Waals surface area (Å²) < 4.78 is 0. The van der Waals surface area contributed by atoms with Gasteiger partial charge in [-0.1, -0.05) is 43.4 Å². The Kier molecular flexibility index (Phi) is 7.98. The van der Waals surface area contributed by atoms with Gasteiger partial charge in [-0.25, -0.2) is 0 Å². The van der Waals surface area contributed by atoms with E-state index in [1.165, 1.54) is 5.57 Å². The highest BCUT2D eigenvalue weighted by Gasteiger charge is 2.06. The van der Waals surface area contributed by atoms with Gasteiger partial charge in [-0.05, 0) is 33.1 Å². The molecule has 0 radical (unpaired) electrons. The number of hydrogen-bond donors (Lipinski definition) is 1. The first-order valence-corrected chi connectivity index (χ1v) is 10.2. The highest BCUT2D eigenvalue weighted by Crippen LogP contribution is 2.12. The van der Waals surface area contributed by atoms with Gasteiger partial charge in [-0.15, -0.1) is 11.5 Å². The number of aliphatic hydroxyl groups is 1. The lowest BCUT2D eigenvalue weighted by atomic mass is 10.0. The summed E-state index contributed by atoms with van der Waals surface area (Å²) >= 11 is 0. The van der Waals surface area contributed by atoms with Gasteiger partial charge in [-0.3, -0.25) is 0 Å². The van der Waals surface area contributed by atoms with Crippen molar-refractivity contribution in [3.8, 4) is 11.5 Å². The molecule has 0 heterocycles. The molecule has 0 saturated heterocycles. The second-order valence-electron chi connectivity index (χ2n) is 6.04. The van der Waals surface area contributed by atoms with Crippen LogP contribution >= 0.6 is 0 Å². The molecule has 1 atom stereocenters. The Hall–Kier alpha value is -0.783. The Morgan fingerprint density at radius 1 is 1.33 bits per heavy atom. The summed E-state index contributed by atoms with van der Waals surface area (Å²) in [5.74, 6) is 3.27. The van der Waals surface area contributed by atoms with Crippen molar-refractivity contribution in [3.05, 3.63) is 23.8 Å². The minimum absolute atomic E-state index is 0.361. The standard InChI is InChI=1S/C16H28OSi/c1-14(2)16(17)12-11-15(3)10-8-7-9-13-18(4,5)6/h10,16-17H,1,7-8,11-12H2,2-6H3/b15-10+. The summed E-state index contributed by atoms with van der Waals surface area (Å²) in [7, 11) is -1.20. The SMILES string of the molecule is C=C(C)C(O)CC/C(C)=C/CCC#C[Si](C)(C)C. The molecule has 0 aliphatic carbocycles. The average molecular weight is 264 g/mol. The number of hydrogen-bond acceptors (Lipinski definition) is 1. The van der Waals surface area contributed by atoms with Gasteiger partial charge in [-0.2, -0.15) is 0 Å². The summed E-state index contributed by atoms with van der Waals surface area (Å²) in [5, 5.41) is 9.63. The van der Waals surface area contributed by atoms with Gasteiger partial charge in [0.15, 0.2) is 0 Å². The summed E-state index contributed by atoms with van der Waals surface area (Å²) in [5.41, 5.74) is 5.56. The number of rotatable bonds is 6. The van der Waals surface area contributed by atoms with Crippen molar-refractivity contribution >= 4 is 8.07 Å². The molecule has 0 bridgehead atoms. The maximum Gasteiger partial charge on any atom is 0.129 e. The molecule has 0 saturated carbocycles. The van der Waals surface area contributed by atoms with Gasteiger partial charge in [0.05, 0.1) is 6.10 Å². The summed E-state index contributed by atoms with van der Waals surface area (Å²) in [6, 6.07) is 0. The highest BCUT2D eigenvalue weighted by atomic mass is 28.3. The first-order chi connectivity index (χ1) is 8.22. The minimum atomic E-state index is -1.20. The molecule has 2 heteroatoms. The van der Waals surface area contributed by atoms with Crippen LogP contribution < -0.4 is 0 Å². The number of unbranched alkanes of at least 4 members (excludes halogenated alkanes) is 1. The molecule has 0 rings (SSSR count). The molecule has 1 nitrogen and oxygen atoms in total. The molecule has 0 aromatic carbocycles. The van der Waals surface area contributed by atoms with Gasteiger partial charge in [0, 0.05) is 6.42 Å².